The van der Waals surface area contributed by atoms with Crippen molar-refractivity contribution in [3.8, 4) is 0 Å². The molecule has 0 fully saturated rings. The second kappa shape index (κ2) is 2.77. The first kappa shape index (κ1) is 9.13. The highest BCUT2D eigenvalue weighted by molar-refractivity contribution is 6.08. The molecular weight excluding hydrogens is 196 g/mol. The van der Waals surface area contributed by atoms with Gasteiger partial charge in [-0.05, 0) is 0 Å². The predicted octanol–water partition coefficient (Wildman–Crippen LogP) is -0.803. The molecule has 8 N–H and O–H groups in total. The van der Waals surface area contributed by atoms with Crippen molar-refractivity contribution in [1.82, 2.24) is 4.98 Å². The minimum Gasteiger partial charge on any atom is -0.710 e. The van der Waals surface area contributed by atoms with Gasteiger partial charge in [0.2, 0.25) is 0 Å². The van der Waals surface area contributed by atoms with Crippen molar-refractivity contribution < 1.29 is 4.73 Å². The maximum Gasteiger partial charge on any atom is 0.289 e. The molecule has 1 aromatic carbocycles. The quantitative estimate of drug-likeness (QED) is 0.252. The van der Waals surface area contributed by atoms with Gasteiger partial charge in [0.05, 0.1) is 22.4 Å². The average Bonchev–Trinajstić information content (AvgIpc) is 2.23. The molecule has 0 unspecified atom stereocenters. The topological polar surface area (TPSA) is 144 Å². The fourth-order valence-electron chi connectivity index (χ4n) is 1.43. The first-order valence-corrected chi connectivity index (χ1v) is 4.12. The van der Waals surface area contributed by atoms with Crippen LogP contribution in [0.15, 0.2) is 12.5 Å². The van der Waals surface area contributed by atoms with E-state index in [1.165, 1.54) is 6.20 Å². The van der Waals surface area contributed by atoms with Crippen LogP contribution in [0.5, 0.6) is 0 Å². The van der Waals surface area contributed by atoms with E-state index >= 15 is 0 Å². The van der Waals surface area contributed by atoms with Crippen LogP contribution in [-0.4, -0.2) is 4.98 Å². The van der Waals surface area contributed by atoms with E-state index in [1.807, 2.05) is 0 Å². The first-order valence-electron chi connectivity index (χ1n) is 4.12. The molecule has 0 saturated carbocycles. The molecule has 2 aromatic rings. The number of hydrogen-bond donors (Lipinski definition) is 4. The third-order valence-corrected chi connectivity index (χ3v) is 2.27. The molecule has 0 saturated heterocycles. The number of nitrogens with zero attached hydrogens (tertiary/aromatic N) is 2. The molecule has 0 aliphatic rings. The van der Waals surface area contributed by atoms with Crippen molar-refractivity contribution in [2.75, 3.05) is 22.9 Å². The van der Waals surface area contributed by atoms with Crippen LogP contribution in [0.3, 0.4) is 0 Å². The summed E-state index contributed by atoms with van der Waals surface area (Å²) in [5, 5.41) is 11.8. The average molecular weight is 206 g/mol. The summed E-state index contributed by atoms with van der Waals surface area (Å²) in [5.41, 5.74) is 23.4. The standard InChI is InChI=1S/C8H10N6O/c9-4-3-1-13-2-14(15)8(3)7(12)6(11)5(4)10/h1-2H,9-12H2. The van der Waals surface area contributed by atoms with Crippen molar-refractivity contribution in [2.24, 2.45) is 0 Å². The normalized spacial score (nSPS) is 10.7. The lowest BCUT2D eigenvalue weighted by atomic mass is 10.1. The van der Waals surface area contributed by atoms with E-state index in [-0.39, 0.29) is 28.3 Å². The molecule has 1 heterocycles. The van der Waals surface area contributed by atoms with Gasteiger partial charge in [0.1, 0.15) is 5.69 Å². The zero-order valence-electron chi connectivity index (χ0n) is 7.77. The third-order valence-electron chi connectivity index (χ3n) is 2.27. The molecule has 0 atom stereocenters. The summed E-state index contributed by atoms with van der Waals surface area (Å²) in [6, 6.07) is 0. The molecule has 7 heteroatoms. The van der Waals surface area contributed by atoms with E-state index in [9.17, 15) is 5.21 Å². The van der Waals surface area contributed by atoms with Crippen LogP contribution in [0, 0.1) is 5.21 Å². The molecule has 1 aromatic heterocycles. The zero-order valence-corrected chi connectivity index (χ0v) is 7.77. The van der Waals surface area contributed by atoms with Gasteiger partial charge in [-0.1, -0.05) is 4.98 Å². The van der Waals surface area contributed by atoms with E-state index in [1.54, 1.807) is 0 Å². The molecule has 0 amide bonds. The Morgan fingerprint density at radius 2 is 1.60 bits per heavy atom. The summed E-state index contributed by atoms with van der Waals surface area (Å²) in [6.45, 7) is 0. The van der Waals surface area contributed by atoms with Crippen molar-refractivity contribution in [1.29, 1.82) is 0 Å². The van der Waals surface area contributed by atoms with Crippen LogP contribution >= 0.6 is 0 Å². The summed E-state index contributed by atoms with van der Waals surface area (Å²) in [7, 11) is 0. The molecule has 2 rings (SSSR count). The summed E-state index contributed by atoms with van der Waals surface area (Å²) in [5.74, 6) is 0. The minimum atomic E-state index is 0.120. The fourth-order valence-corrected chi connectivity index (χ4v) is 1.43. The lowest BCUT2D eigenvalue weighted by Crippen LogP contribution is -2.28. The molecular formula is C8H10N6O. The Bertz CT molecular complexity index is 553. The van der Waals surface area contributed by atoms with E-state index in [0.29, 0.717) is 10.1 Å². The SMILES string of the molecule is Nc1c(N)c(N)c2c(cnc[n+]2[O-])c1N. The predicted molar refractivity (Wildman–Crippen MR) is 58.4 cm³/mol. The second-order valence-electron chi connectivity index (χ2n) is 3.14. The van der Waals surface area contributed by atoms with Gasteiger partial charge >= 0.3 is 0 Å². The molecule has 0 radical (unpaired) electrons. The minimum absolute atomic E-state index is 0.120. The molecule has 0 spiro atoms. The van der Waals surface area contributed by atoms with E-state index in [4.69, 9.17) is 22.9 Å². The number of hydrogen-bond acceptors (Lipinski definition) is 6. The maximum absolute atomic E-state index is 11.4. The number of aromatic nitrogens is 2. The third kappa shape index (κ3) is 1.06. The van der Waals surface area contributed by atoms with Crippen molar-refractivity contribution in [2.45, 2.75) is 0 Å². The molecule has 78 valence electrons. The number of anilines is 4. The number of benzene rings is 1. The molecule has 15 heavy (non-hydrogen) atoms. The van der Waals surface area contributed by atoms with Gasteiger partial charge < -0.3 is 28.1 Å². The van der Waals surface area contributed by atoms with E-state index in [2.05, 4.69) is 4.98 Å². The monoisotopic (exact) mass is 206 g/mol. The van der Waals surface area contributed by atoms with Crippen LogP contribution in [0.4, 0.5) is 22.7 Å². The van der Waals surface area contributed by atoms with Gasteiger partial charge in [0.15, 0.2) is 11.7 Å². The Hall–Kier alpha value is -2.44. The van der Waals surface area contributed by atoms with Gasteiger partial charge in [-0.25, -0.2) is 4.73 Å². The lowest BCUT2D eigenvalue weighted by molar-refractivity contribution is -0.579. The Morgan fingerprint density at radius 1 is 1.00 bits per heavy atom. The molecule has 0 aliphatic carbocycles. The fraction of sp³-hybridized carbons (Fsp3) is 0. The highest BCUT2D eigenvalue weighted by Gasteiger charge is 2.16. The van der Waals surface area contributed by atoms with E-state index in [0.717, 1.165) is 6.33 Å². The smallest absolute Gasteiger partial charge is 0.289 e. The van der Waals surface area contributed by atoms with E-state index < -0.39 is 0 Å². The Morgan fingerprint density at radius 3 is 2.27 bits per heavy atom. The van der Waals surface area contributed by atoms with Gasteiger partial charge in [-0.3, -0.25) is 0 Å². The maximum atomic E-state index is 11.4. The second-order valence-corrected chi connectivity index (χ2v) is 3.14. The number of nitrogen functional groups attached to an aromatic ring is 4. The van der Waals surface area contributed by atoms with Crippen LogP contribution < -0.4 is 27.7 Å². The molecule has 0 bridgehead atoms. The van der Waals surface area contributed by atoms with Gasteiger partial charge in [-0.2, -0.15) is 0 Å². The number of fused-ring (bicyclic) bond motifs is 1. The van der Waals surface area contributed by atoms with Gasteiger partial charge in [0.25, 0.3) is 6.33 Å². The summed E-state index contributed by atoms with van der Waals surface area (Å²) >= 11 is 0. The van der Waals surface area contributed by atoms with Crippen molar-refractivity contribution in [3.63, 3.8) is 0 Å². The highest BCUT2D eigenvalue weighted by atomic mass is 16.5. The van der Waals surface area contributed by atoms with Crippen LogP contribution in [0.2, 0.25) is 0 Å². The first-order chi connectivity index (χ1) is 7.04. The van der Waals surface area contributed by atoms with Crippen molar-refractivity contribution in [3.05, 3.63) is 17.7 Å². The summed E-state index contributed by atoms with van der Waals surface area (Å²) < 4.78 is 0.511. The highest BCUT2D eigenvalue weighted by Crippen LogP contribution is 2.35. The van der Waals surface area contributed by atoms with Gasteiger partial charge in [0, 0.05) is 0 Å². The number of nitrogens with two attached hydrogens (primary N) is 4. The zero-order chi connectivity index (χ0) is 11.2. The Kier molecular flexibility index (Phi) is 1.69. The summed E-state index contributed by atoms with van der Waals surface area (Å²) in [4.78, 5) is 3.70. The van der Waals surface area contributed by atoms with Gasteiger partial charge in [-0.15, -0.1) is 0 Å². The molecule has 0 aliphatic heterocycles. The Labute approximate surface area is 84.9 Å². The largest absolute Gasteiger partial charge is 0.710 e. The van der Waals surface area contributed by atoms with Crippen LogP contribution in [0.1, 0.15) is 0 Å². The molecule has 7 nitrogen and oxygen atoms in total. The van der Waals surface area contributed by atoms with Crippen LogP contribution in [-0.2, 0) is 0 Å². The van der Waals surface area contributed by atoms with Crippen LogP contribution in [0.25, 0.3) is 10.9 Å². The van der Waals surface area contributed by atoms with Crippen molar-refractivity contribution >= 4 is 33.7 Å². The lowest BCUT2D eigenvalue weighted by Gasteiger charge is -2.12. The summed E-state index contributed by atoms with van der Waals surface area (Å²) in [6.07, 6.45) is 2.50. The Balaban J connectivity index is 3.08. The number of rotatable bonds is 0.